The number of carbonyl (C=O) groups is 1. The van der Waals surface area contributed by atoms with Gasteiger partial charge in [0.25, 0.3) is 5.56 Å². The van der Waals surface area contributed by atoms with Gasteiger partial charge in [-0.3, -0.25) is 9.59 Å². The maximum atomic E-state index is 12.8. The monoisotopic (exact) mass is 375 g/mol. The van der Waals surface area contributed by atoms with Crippen LogP contribution in [0.15, 0.2) is 53.3 Å². The second-order valence-electron chi connectivity index (χ2n) is 6.13. The van der Waals surface area contributed by atoms with Crippen LogP contribution in [0.25, 0.3) is 10.8 Å². The van der Waals surface area contributed by atoms with E-state index in [0.717, 1.165) is 12.1 Å². The molecule has 0 fully saturated rings. The highest BCUT2D eigenvalue weighted by atomic mass is 19.4. The summed E-state index contributed by atoms with van der Waals surface area (Å²) < 4.78 is 38.5. The molecule has 1 amide bonds. The molecule has 0 saturated carbocycles. The molecular formula is C19H16F3N3O2. The summed E-state index contributed by atoms with van der Waals surface area (Å²) in [4.78, 5) is 24.1. The third kappa shape index (κ3) is 4.16. The zero-order valence-corrected chi connectivity index (χ0v) is 14.3. The van der Waals surface area contributed by atoms with Crippen LogP contribution in [0.5, 0.6) is 0 Å². The Bertz CT molecular complexity index is 1040. The van der Waals surface area contributed by atoms with Gasteiger partial charge in [0.05, 0.1) is 29.1 Å². The fourth-order valence-corrected chi connectivity index (χ4v) is 2.82. The lowest BCUT2D eigenvalue weighted by atomic mass is 10.0. The van der Waals surface area contributed by atoms with E-state index in [4.69, 9.17) is 0 Å². The standard InChI is InChI=1S/C19H16F3N3O2/c1-11(12-5-4-6-13(9-12)19(20,21)22)23-17(26)10-16-14-7-2-3-8-15(14)18(27)25-24-16/h2-9,11H,10H2,1H3,(H,23,26)(H,25,27). The van der Waals surface area contributed by atoms with Gasteiger partial charge in [0.1, 0.15) is 0 Å². The van der Waals surface area contributed by atoms with Gasteiger partial charge in [-0.25, -0.2) is 5.10 Å². The molecule has 2 N–H and O–H groups in total. The molecule has 0 saturated heterocycles. The number of rotatable bonds is 4. The van der Waals surface area contributed by atoms with E-state index in [1.807, 2.05) is 0 Å². The number of H-pyrrole nitrogens is 1. The number of benzene rings is 2. The molecule has 2 aromatic carbocycles. The molecule has 3 aromatic rings. The van der Waals surface area contributed by atoms with E-state index in [0.29, 0.717) is 22.0 Å². The first-order valence-corrected chi connectivity index (χ1v) is 8.18. The lowest BCUT2D eigenvalue weighted by Crippen LogP contribution is -2.29. The Balaban J connectivity index is 1.77. The number of carbonyl (C=O) groups excluding carboxylic acids is 1. The topological polar surface area (TPSA) is 74.8 Å². The van der Waals surface area contributed by atoms with E-state index < -0.39 is 23.7 Å². The molecule has 1 aromatic heterocycles. The second-order valence-corrected chi connectivity index (χ2v) is 6.13. The molecular weight excluding hydrogens is 359 g/mol. The predicted molar refractivity (Wildman–Crippen MR) is 94.1 cm³/mol. The summed E-state index contributed by atoms with van der Waals surface area (Å²) in [5.41, 5.74) is -0.391. The van der Waals surface area contributed by atoms with Gasteiger partial charge in [-0.1, -0.05) is 30.3 Å². The van der Waals surface area contributed by atoms with Crippen molar-refractivity contribution in [1.29, 1.82) is 0 Å². The van der Waals surface area contributed by atoms with Crippen LogP contribution in [-0.2, 0) is 17.4 Å². The first-order chi connectivity index (χ1) is 12.8. The maximum Gasteiger partial charge on any atom is 0.416 e. The minimum absolute atomic E-state index is 0.111. The summed E-state index contributed by atoms with van der Waals surface area (Å²) in [6.45, 7) is 1.60. The van der Waals surface area contributed by atoms with E-state index in [1.54, 1.807) is 31.2 Å². The number of aromatic amines is 1. The minimum atomic E-state index is -4.45. The Labute approximate surface area is 152 Å². The number of hydrogen-bond donors (Lipinski definition) is 2. The summed E-state index contributed by atoms with van der Waals surface area (Å²) in [5, 5.41) is 9.91. The van der Waals surface area contributed by atoms with Gasteiger partial charge in [0.15, 0.2) is 0 Å². The van der Waals surface area contributed by atoms with Crippen molar-refractivity contribution in [3.05, 3.63) is 75.7 Å². The van der Waals surface area contributed by atoms with Crippen LogP contribution in [0, 0.1) is 0 Å². The van der Waals surface area contributed by atoms with Crippen molar-refractivity contribution >= 4 is 16.7 Å². The molecule has 3 rings (SSSR count). The number of aromatic nitrogens is 2. The van der Waals surface area contributed by atoms with Crippen LogP contribution in [0.1, 0.15) is 29.8 Å². The Kier molecular flexibility index (Phi) is 4.98. The van der Waals surface area contributed by atoms with Crippen LogP contribution >= 0.6 is 0 Å². The molecule has 1 unspecified atom stereocenters. The number of nitrogens with one attached hydrogen (secondary N) is 2. The zero-order chi connectivity index (χ0) is 19.6. The van der Waals surface area contributed by atoms with Crippen LogP contribution in [-0.4, -0.2) is 16.1 Å². The van der Waals surface area contributed by atoms with Crippen molar-refractivity contribution in [3.63, 3.8) is 0 Å². The molecule has 140 valence electrons. The number of halogens is 3. The lowest BCUT2D eigenvalue weighted by molar-refractivity contribution is -0.137. The summed E-state index contributed by atoms with van der Waals surface area (Å²) in [6.07, 6.45) is -4.56. The Morgan fingerprint density at radius 2 is 1.85 bits per heavy atom. The molecule has 0 radical (unpaired) electrons. The first-order valence-electron chi connectivity index (χ1n) is 8.18. The van der Waals surface area contributed by atoms with E-state index in [-0.39, 0.29) is 12.0 Å². The van der Waals surface area contributed by atoms with Gasteiger partial charge in [0.2, 0.25) is 5.91 Å². The average Bonchev–Trinajstić information content (AvgIpc) is 2.63. The van der Waals surface area contributed by atoms with Gasteiger partial charge >= 0.3 is 6.18 Å². The third-order valence-electron chi connectivity index (χ3n) is 4.19. The maximum absolute atomic E-state index is 12.8. The van der Waals surface area contributed by atoms with Gasteiger partial charge in [-0.05, 0) is 30.7 Å². The van der Waals surface area contributed by atoms with Gasteiger partial charge in [0, 0.05) is 5.39 Å². The molecule has 0 bridgehead atoms. The normalized spacial score (nSPS) is 12.7. The van der Waals surface area contributed by atoms with E-state index >= 15 is 0 Å². The van der Waals surface area contributed by atoms with E-state index in [1.165, 1.54) is 12.1 Å². The molecule has 8 heteroatoms. The SMILES string of the molecule is CC(NC(=O)Cc1n[nH]c(=O)c2ccccc12)c1cccc(C(F)(F)F)c1. The summed E-state index contributed by atoms with van der Waals surface area (Å²) in [5.74, 6) is -0.412. The first kappa shape index (κ1) is 18.6. The van der Waals surface area contributed by atoms with Gasteiger partial charge < -0.3 is 5.32 Å². The molecule has 1 heterocycles. The Morgan fingerprint density at radius 3 is 2.56 bits per heavy atom. The average molecular weight is 375 g/mol. The van der Waals surface area contributed by atoms with Crippen LogP contribution in [0.3, 0.4) is 0 Å². The molecule has 0 spiro atoms. The van der Waals surface area contributed by atoms with Gasteiger partial charge in [-0.2, -0.15) is 18.3 Å². The lowest BCUT2D eigenvalue weighted by Gasteiger charge is -2.16. The summed E-state index contributed by atoms with van der Waals surface area (Å²) in [6, 6.07) is 11.0. The Morgan fingerprint density at radius 1 is 1.15 bits per heavy atom. The number of amides is 1. The minimum Gasteiger partial charge on any atom is -0.349 e. The van der Waals surface area contributed by atoms with Crippen LogP contribution in [0.2, 0.25) is 0 Å². The van der Waals surface area contributed by atoms with Crippen molar-refractivity contribution in [2.45, 2.75) is 25.6 Å². The number of nitrogens with zero attached hydrogens (tertiary/aromatic N) is 1. The molecule has 0 aliphatic heterocycles. The number of fused-ring (bicyclic) bond motifs is 1. The van der Waals surface area contributed by atoms with E-state index in [2.05, 4.69) is 15.5 Å². The molecule has 27 heavy (non-hydrogen) atoms. The van der Waals surface area contributed by atoms with Crippen molar-refractivity contribution in [2.24, 2.45) is 0 Å². The third-order valence-corrected chi connectivity index (χ3v) is 4.19. The highest BCUT2D eigenvalue weighted by molar-refractivity contribution is 5.88. The van der Waals surface area contributed by atoms with E-state index in [9.17, 15) is 22.8 Å². The van der Waals surface area contributed by atoms with Crippen molar-refractivity contribution < 1.29 is 18.0 Å². The quantitative estimate of drug-likeness (QED) is 0.734. The van der Waals surface area contributed by atoms with Crippen molar-refractivity contribution in [2.75, 3.05) is 0 Å². The summed E-state index contributed by atoms with van der Waals surface area (Å²) in [7, 11) is 0. The molecule has 0 aliphatic carbocycles. The highest BCUT2D eigenvalue weighted by Gasteiger charge is 2.30. The Hall–Kier alpha value is -3.16. The summed E-state index contributed by atoms with van der Waals surface area (Å²) >= 11 is 0. The smallest absolute Gasteiger partial charge is 0.349 e. The van der Waals surface area contributed by atoms with Crippen LogP contribution in [0.4, 0.5) is 13.2 Å². The fraction of sp³-hybridized carbons (Fsp3) is 0.211. The largest absolute Gasteiger partial charge is 0.416 e. The van der Waals surface area contributed by atoms with Crippen molar-refractivity contribution in [3.8, 4) is 0 Å². The number of hydrogen-bond acceptors (Lipinski definition) is 3. The molecule has 0 aliphatic rings. The number of alkyl halides is 3. The van der Waals surface area contributed by atoms with Crippen molar-refractivity contribution in [1.82, 2.24) is 15.5 Å². The van der Waals surface area contributed by atoms with Crippen LogP contribution < -0.4 is 10.9 Å². The fourth-order valence-electron chi connectivity index (χ4n) is 2.82. The highest BCUT2D eigenvalue weighted by Crippen LogP contribution is 2.30. The predicted octanol–water partition coefficient (Wildman–Crippen LogP) is 3.36. The molecule has 5 nitrogen and oxygen atoms in total. The van der Waals surface area contributed by atoms with Gasteiger partial charge in [-0.15, -0.1) is 0 Å². The zero-order valence-electron chi connectivity index (χ0n) is 14.3. The second kappa shape index (κ2) is 7.22. The molecule has 1 atom stereocenters.